The summed E-state index contributed by atoms with van der Waals surface area (Å²) < 4.78 is 10.6. The first-order chi connectivity index (χ1) is 16.3. The van der Waals surface area contributed by atoms with E-state index in [1.54, 1.807) is 38.3 Å². The second kappa shape index (κ2) is 9.70. The quantitative estimate of drug-likeness (QED) is 0.329. The summed E-state index contributed by atoms with van der Waals surface area (Å²) >= 11 is 0. The first kappa shape index (κ1) is 23.5. The van der Waals surface area contributed by atoms with Gasteiger partial charge in [-0.25, -0.2) is 4.90 Å². The molecule has 2 aromatic rings. The molecule has 4 rings (SSSR count). The van der Waals surface area contributed by atoms with Crippen LogP contribution >= 0.6 is 0 Å². The van der Waals surface area contributed by atoms with Crippen molar-refractivity contribution in [2.45, 2.75) is 32.1 Å². The van der Waals surface area contributed by atoms with Crippen molar-refractivity contribution in [1.29, 1.82) is 0 Å². The van der Waals surface area contributed by atoms with E-state index in [4.69, 9.17) is 9.47 Å². The number of likely N-dealkylation sites (N-methyl/N-ethyl adjacent to an activating group) is 1. The number of hydrogen-bond acceptors (Lipinski definition) is 7. The van der Waals surface area contributed by atoms with Crippen molar-refractivity contribution in [2.24, 2.45) is 11.8 Å². The van der Waals surface area contributed by atoms with Crippen molar-refractivity contribution in [1.82, 2.24) is 0 Å². The van der Waals surface area contributed by atoms with Crippen LogP contribution in [-0.2, 0) is 16.0 Å². The van der Waals surface area contributed by atoms with Gasteiger partial charge in [-0.3, -0.25) is 19.7 Å². The highest BCUT2D eigenvalue weighted by atomic mass is 16.6. The molecule has 1 heterocycles. The Hall–Kier alpha value is -3.62. The Balaban J connectivity index is 1.54. The Bertz CT molecular complexity index is 1090. The molecule has 2 aromatic carbocycles. The predicted molar refractivity (Wildman–Crippen MR) is 128 cm³/mol. The lowest BCUT2D eigenvalue weighted by molar-refractivity contribution is -0.384. The molecule has 34 heavy (non-hydrogen) atoms. The average Bonchev–Trinajstić information content (AvgIpc) is 3.11. The number of ether oxygens (including phenoxy) is 2. The van der Waals surface area contributed by atoms with Crippen LogP contribution in [0.1, 0.15) is 31.2 Å². The predicted octanol–water partition coefficient (Wildman–Crippen LogP) is 3.97. The minimum absolute atomic E-state index is 0.136. The SMILES string of the molecule is COc1ccc(CCN(C)c2ccc(N3C(=O)[C@H]4CCCC[C@@H]4C3=O)cc2[N+](=O)[O-])cc1OC. The number of nitro groups is 1. The van der Waals surface area contributed by atoms with Crippen LogP contribution in [0.2, 0.25) is 0 Å². The van der Waals surface area contributed by atoms with E-state index >= 15 is 0 Å². The summed E-state index contributed by atoms with van der Waals surface area (Å²) in [6.07, 6.45) is 3.88. The molecule has 9 heteroatoms. The lowest BCUT2D eigenvalue weighted by Crippen LogP contribution is -2.31. The summed E-state index contributed by atoms with van der Waals surface area (Å²) in [6.45, 7) is 0.515. The van der Waals surface area contributed by atoms with Gasteiger partial charge in [0.25, 0.3) is 5.69 Å². The molecule has 9 nitrogen and oxygen atoms in total. The van der Waals surface area contributed by atoms with Gasteiger partial charge in [-0.2, -0.15) is 0 Å². The molecule has 0 aromatic heterocycles. The lowest BCUT2D eigenvalue weighted by Gasteiger charge is -2.21. The number of nitro benzene ring substituents is 1. The fourth-order valence-corrected chi connectivity index (χ4v) is 4.99. The van der Waals surface area contributed by atoms with Crippen LogP contribution in [0.3, 0.4) is 0 Å². The third-order valence-corrected chi connectivity index (χ3v) is 6.85. The highest BCUT2D eigenvalue weighted by Gasteiger charge is 2.49. The van der Waals surface area contributed by atoms with E-state index in [2.05, 4.69) is 0 Å². The van der Waals surface area contributed by atoms with Crippen molar-refractivity contribution in [3.63, 3.8) is 0 Å². The normalized spacial score (nSPS) is 19.7. The van der Waals surface area contributed by atoms with Crippen molar-refractivity contribution in [2.75, 3.05) is 37.6 Å². The van der Waals surface area contributed by atoms with Crippen molar-refractivity contribution >= 4 is 28.9 Å². The number of amides is 2. The monoisotopic (exact) mass is 467 g/mol. The number of carbonyl (C=O) groups excluding carboxylic acids is 2. The maximum atomic E-state index is 12.9. The van der Waals surface area contributed by atoms with Gasteiger partial charge in [-0.1, -0.05) is 18.9 Å². The Morgan fingerprint density at radius 3 is 2.24 bits per heavy atom. The second-order valence-electron chi connectivity index (χ2n) is 8.80. The third-order valence-electron chi connectivity index (χ3n) is 6.85. The highest BCUT2D eigenvalue weighted by Crippen LogP contribution is 2.42. The van der Waals surface area contributed by atoms with Gasteiger partial charge in [0, 0.05) is 19.7 Å². The van der Waals surface area contributed by atoms with E-state index in [-0.39, 0.29) is 35.0 Å². The average molecular weight is 468 g/mol. The standard InChI is InChI=1S/C25H29N3O6/c1-26(13-12-16-8-11-22(33-2)23(14-16)34-3)20-10-9-17(15-21(20)28(31)32)27-24(29)18-6-4-5-7-19(18)25(27)30/h8-11,14-15,18-19H,4-7,12-13H2,1-3H3/t18-,19-/m0/s1. The number of carbonyl (C=O) groups is 2. The lowest BCUT2D eigenvalue weighted by atomic mass is 9.81. The summed E-state index contributed by atoms with van der Waals surface area (Å²) in [5, 5.41) is 11.9. The number of nitrogens with zero attached hydrogens (tertiary/aromatic N) is 3. The van der Waals surface area contributed by atoms with Crippen LogP contribution in [0.15, 0.2) is 36.4 Å². The summed E-state index contributed by atoms with van der Waals surface area (Å²) in [5.41, 5.74) is 1.56. The molecule has 1 aliphatic heterocycles. The summed E-state index contributed by atoms with van der Waals surface area (Å²) in [4.78, 5) is 40.2. The van der Waals surface area contributed by atoms with Gasteiger partial charge in [0.15, 0.2) is 11.5 Å². The van der Waals surface area contributed by atoms with Gasteiger partial charge in [-0.05, 0) is 49.1 Å². The van der Waals surface area contributed by atoms with Gasteiger partial charge >= 0.3 is 0 Å². The van der Waals surface area contributed by atoms with Crippen molar-refractivity contribution in [3.05, 3.63) is 52.1 Å². The minimum atomic E-state index is -0.468. The van der Waals surface area contributed by atoms with E-state index in [1.165, 1.54) is 6.07 Å². The van der Waals surface area contributed by atoms with Gasteiger partial charge in [0.1, 0.15) is 5.69 Å². The van der Waals surface area contributed by atoms with Gasteiger partial charge in [0.05, 0.1) is 36.7 Å². The number of rotatable bonds is 8. The summed E-state index contributed by atoms with van der Waals surface area (Å²) in [7, 11) is 4.93. The number of anilines is 2. The zero-order valence-electron chi connectivity index (χ0n) is 19.7. The molecular weight excluding hydrogens is 438 g/mol. The Morgan fingerprint density at radius 2 is 1.65 bits per heavy atom. The number of benzene rings is 2. The topological polar surface area (TPSA) is 102 Å². The van der Waals surface area contributed by atoms with Crippen molar-refractivity contribution in [3.8, 4) is 11.5 Å². The minimum Gasteiger partial charge on any atom is -0.493 e. The van der Waals surface area contributed by atoms with Crippen molar-refractivity contribution < 1.29 is 24.0 Å². The Kier molecular flexibility index (Phi) is 6.72. The maximum Gasteiger partial charge on any atom is 0.294 e. The van der Waals surface area contributed by atoms with Crippen LogP contribution < -0.4 is 19.3 Å². The van der Waals surface area contributed by atoms with Gasteiger partial charge < -0.3 is 14.4 Å². The van der Waals surface area contributed by atoms with Gasteiger partial charge in [-0.15, -0.1) is 0 Å². The molecule has 2 atom stereocenters. The molecule has 2 fully saturated rings. The number of methoxy groups -OCH3 is 2. The Morgan fingerprint density at radius 1 is 1.00 bits per heavy atom. The summed E-state index contributed by atoms with van der Waals surface area (Å²) in [5.74, 6) is 0.181. The number of imide groups is 1. The van der Waals surface area contributed by atoms with Crippen LogP contribution in [0, 0.1) is 22.0 Å². The largest absolute Gasteiger partial charge is 0.493 e. The smallest absolute Gasteiger partial charge is 0.294 e. The first-order valence-corrected chi connectivity index (χ1v) is 11.4. The molecule has 1 aliphatic carbocycles. The molecule has 0 unspecified atom stereocenters. The van der Waals surface area contributed by atoms with E-state index < -0.39 is 4.92 Å². The molecular formula is C25H29N3O6. The van der Waals surface area contributed by atoms with Crippen LogP contribution in [0.25, 0.3) is 0 Å². The van der Waals surface area contributed by atoms with E-state index in [0.717, 1.165) is 23.3 Å². The van der Waals surface area contributed by atoms with Gasteiger partial charge in [0.2, 0.25) is 11.8 Å². The van der Waals surface area contributed by atoms with Crippen LogP contribution in [0.5, 0.6) is 11.5 Å². The summed E-state index contributed by atoms with van der Waals surface area (Å²) in [6, 6.07) is 10.2. The van der Waals surface area contributed by atoms with Crippen LogP contribution in [0.4, 0.5) is 17.1 Å². The molecule has 180 valence electrons. The molecule has 0 radical (unpaired) electrons. The van der Waals surface area contributed by atoms with E-state index in [1.807, 2.05) is 18.2 Å². The van der Waals surface area contributed by atoms with E-state index in [9.17, 15) is 19.7 Å². The number of fused-ring (bicyclic) bond motifs is 1. The van der Waals surface area contributed by atoms with E-state index in [0.29, 0.717) is 43.0 Å². The molecule has 0 N–H and O–H groups in total. The van der Waals surface area contributed by atoms with Crippen LogP contribution in [-0.4, -0.2) is 44.5 Å². The maximum absolute atomic E-state index is 12.9. The fraction of sp³-hybridized carbons (Fsp3) is 0.440. The Labute approximate surface area is 198 Å². The second-order valence-corrected chi connectivity index (χ2v) is 8.80. The number of hydrogen-bond donors (Lipinski definition) is 0. The molecule has 2 aliphatic rings. The fourth-order valence-electron chi connectivity index (χ4n) is 4.99. The zero-order chi connectivity index (χ0) is 24.4. The highest BCUT2D eigenvalue weighted by molar-refractivity contribution is 6.22. The molecule has 1 saturated heterocycles. The molecule has 1 saturated carbocycles. The first-order valence-electron chi connectivity index (χ1n) is 11.4. The molecule has 0 bridgehead atoms. The third kappa shape index (κ3) is 4.30. The molecule has 0 spiro atoms. The zero-order valence-corrected chi connectivity index (χ0v) is 19.7. The molecule has 2 amide bonds.